The number of nitrogens with one attached hydrogen (secondary N) is 2. The summed E-state index contributed by atoms with van der Waals surface area (Å²) in [5.74, 6) is 0.265. The van der Waals surface area contributed by atoms with E-state index in [-0.39, 0.29) is 24.4 Å². The highest BCUT2D eigenvalue weighted by atomic mass is 16.5. The average Bonchev–Trinajstić information content (AvgIpc) is 3.12. The maximum Gasteiger partial charge on any atom is 0.251 e. The van der Waals surface area contributed by atoms with Gasteiger partial charge in [-0.2, -0.15) is 0 Å². The van der Waals surface area contributed by atoms with Gasteiger partial charge >= 0.3 is 0 Å². The van der Waals surface area contributed by atoms with Gasteiger partial charge in [0.2, 0.25) is 5.91 Å². The Bertz CT molecular complexity index is 553. The van der Waals surface area contributed by atoms with Gasteiger partial charge in [0.15, 0.2) is 0 Å². The van der Waals surface area contributed by atoms with Gasteiger partial charge in [-0.3, -0.25) is 9.59 Å². The van der Waals surface area contributed by atoms with Crippen molar-refractivity contribution in [3.63, 3.8) is 0 Å². The van der Waals surface area contributed by atoms with Crippen LogP contribution in [-0.4, -0.2) is 43.7 Å². The Morgan fingerprint density at radius 2 is 2.08 bits per heavy atom. The number of amides is 2. The second-order valence-electron chi connectivity index (χ2n) is 6.32. The van der Waals surface area contributed by atoms with E-state index in [4.69, 9.17) is 9.47 Å². The molecular formula is C19H28N2O4. The van der Waals surface area contributed by atoms with E-state index in [0.717, 1.165) is 38.0 Å². The van der Waals surface area contributed by atoms with Crippen LogP contribution < -0.4 is 15.4 Å². The molecule has 2 rings (SSSR count). The SMILES string of the molecule is CCOc1ccc(C(=O)NCC(=O)N[C@H](C)CC[C@@H]2CCCO2)cc1. The molecule has 0 unspecified atom stereocenters. The fraction of sp³-hybridized carbons (Fsp3) is 0.579. The number of benzene rings is 1. The second-order valence-corrected chi connectivity index (χ2v) is 6.32. The van der Waals surface area contributed by atoms with Gasteiger partial charge in [-0.05, 0) is 63.8 Å². The van der Waals surface area contributed by atoms with Crippen LogP contribution in [0.3, 0.4) is 0 Å². The molecule has 1 heterocycles. The van der Waals surface area contributed by atoms with Crippen molar-refractivity contribution >= 4 is 11.8 Å². The molecule has 0 aromatic heterocycles. The van der Waals surface area contributed by atoms with Gasteiger partial charge in [0.1, 0.15) is 5.75 Å². The molecule has 0 radical (unpaired) electrons. The molecule has 0 aliphatic carbocycles. The molecule has 25 heavy (non-hydrogen) atoms. The van der Waals surface area contributed by atoms with E-state index < -0.39 is 0 Å². The van der Waals surface area contributed by atoms with E-state index in [1.54, 1.807) is 24.3 Å². The summed E-state index contributed by atoms with van der Waals surface area (Å²) >= 11 is 0. The third kappa shape index (κ3) is 6.74. The smallest absolute Gasteiger partial charge is 0.251 e. The van der Waals surface area contributed by atoms with Crippen LogP contribution in [0.15, 0.2) is 24.3 Å². The highest BCUT2D eigenvalue weighted by Gasteiger charge is 2.17. The van der Waals surface area contributed by atoms with E-state index >= 15 is 0 Å². The van der Waals surface area contributed by atoms with Crippen molar-refractivity contribution in [2.24, 2.45) is 0 Å². The number of rotatable bonds is 9. The fourth-order valence-corrected chi connectivity index (χ4v) is 2.84. The van der Waals surface area contributed by atoms with Crippen LogP contribution in [-0.2, 0) is 9.53 Å². The molecule has 1 fully saturated rings. The zero-order chi connectivity index (χ0) is 18.1. The largest absolute Gasteiger partial charge is 0.494 e. The Morgan fingerprint density at radius 3 is 2.72 bits per heavy atom. The summed E-state index contributed by atoms with van der Waals surface area (Å²) in [5, 5.41) is 5.54. The normalized spacial score (nSPS) is 17.8. The molecule has 2 amide bonds. The fourth-order valence-electron chi connectivity index (χ4n) is 2.84. The van der Waals surface area contributed by atoms with E-state index in [0.29, 0.717) is 18.3 Å². The van der Waals surface area contributed by atoms with Crippen molar-refractivity contribution in [2.45, 2.75) is 51.7 Å². The number of hydrogen-bond acceptors (Lipinski definition) is 4. The van der Waals surface area contributed by atoms with Crippen molar-refractivity contribution in [1.82, 2.24) is 10.6 Å². The Kier molecular flexibility index (Phi) is 7.73. The van der Waals surface area contributed by atoms with E-state index in [1.165, 1.54) is 0 Å². The van der Waals surface area contributed by atoms with Gasteiger partial charge in [0.25, 0.3) is 5.91 Å². The van der Waals surface area contributed by atoms with Crippen LogP contribution in [0.4, 0.5) is 0 Å². The summed E-state index contributed by atoms with van der Waals surface area (Å²) in [6.45, 7) is 5.28. The van der Waals surface area contributed by atoms with Gasteiger partial charge < -0.3 is 20.1 Å². The van der Waals surface area contributed by atoms with Crippen LogP contribution >= 0.6 is 0 Å². The topological polar surface area (TPSA) is 76.7 Å². The highest BCUT2D eigenvalue weighted by molar-refractivity contribution is 5.96. The molecule has 2 N–H and O–H groups in total. The molecule has 1 aliphatic rings. The van der Waals surface area contributed by atoms with Crippen LogP contribution in [0.2, 0.25) is 0 Å². The number of hydrogen-bond donors (Lipinski definition) is 2. The van der Waals surface area contributed by atoms with Gasteiger partial charge in [0.05, 0.1) is 19.3 Å². The first-order valence-corrected chi connectivity index (χ1v) is 9.00. The maximum atomic E-state index is 12.1. The second kappa shape index (κ2) is 10.0. The molecule has 0 bridgehead atoms. The lowest BCUT2D eigenvalue weighted by atomic mass is 10.1. The predicted molar refractivity (Wildman–Crippen MR) is 95.8 cm³/mol. The Hall–Kier alpha value is -2.08. The first-order chi connectivity index (χ1) is 12.1. The summed E-state index contributed by atoms with van der Waals surface area (Å²) in [7, 11) is 0. The number of carbonyl (C=O) groups excluding carboxylic acids is 2. The van der Waals surface area contributed by atoms with Crippen molar-refractivity contribution in [1.29, 1.82) is 0 Å². The van der Waals surface area contributed by atoms with Gasteiger partial charge in [-0.25, -0.2) is 0 Å². The summed E-state index contributed by atoms with van der Waals surface area (Å²) in [5.41, 5.74) is 0.502. The molecule has 1 aromatic carbocycles. The molecule has 2 atom stereocenters. The lowest BCUT2D eigenvalue weighted by Gasteiger charge is -2.16. The molecule has 6 nitrogen and oxygen atoms in total. The van der Waals surface area contributed by atoms with Crippen LogP contribution in [0.1, 0.15) is 49.9 Å². The zero-order valence-corrected chi connectivity index (χ0v) is 15.0. The number of carbonyl (C=O) groups is 2. The maximum absolute atomic E-state index is 12.1. The summed E-state index contributed by atoms with van der Waals surface area (Å²) in [4.78, 5) is 24.0. The van der Waals surface area contributed by atoms with Crippen molar-refractivity contribution in [3.05, 3.63) is 29.8 Å². The lowest BCUT2D eigenvalue weighted by Crippen LogP contribution is -2.41. The van der Waals surface area contributed by atoms with Gasteiger partial charge in [-0.1, -0.05) is 0 Å². The van der Waals surface area contributed by atoms with Crippen LogP contribution in [0.5, 0.6) is 5.75 Å². The summed E-state index contributed by atoms with van der Waals surface area (Å²) in [6.07, 6.45) is 4.41. The monoisotopic (exact) mass is 348 g/mol. The molecule has 1 saturated heterocycles. The standard InChI is InChI=1S/C19H28N2O4/c1-3-24-17-10-7-15(8-11-17)19(23)20-13-18(22)21-14(2)6-9-16-5-4-12-25-16/h7-8,10-11,14,16H,3-6,9,12-13H2,1-2H3,(H,20,23)(H,21,22)/t14-,16+/m1/s1. The van der Waals surface area contributed by atoms with Crippen LogP contribution in [0, 0.1) is 0 Å². The van der Waals surface area contributed by atoms with Crippen molar-refractivity contribution in [3.8, 4) is 5.75 Å². The number of ether oxygens (including phenoxy) is 2. The summed E-state index contributed by atoms with van der Waals surface area (Å²) < 4.78 is 10.9. The van der Waals surface area contributed by atoms with Crippen molar-refractivity contribution in [2.75, 3.05) is 19.8 Å². The molecule has 6 heteroatoms. The minimum absolute atomic E-state index is 0.0314. The first-order valence-electron chi connectivity index (χ1n) is 9.00. The Labute approximate surface area is 149 Å². The lowest BCUT2D eigenvalue weighted by molar-refractivity contribution is -0.120. The van der Waals surface area contributed by atoms with E-state index in [9.17, 15) is 9.59 Å². The third-order valence-corrected chi connectivity index (χ3v) is 4.19. The Balaban J connectivity index is 1.66. The summed E-state index contributed by atoms with van der Waals surface area (Å²) in [6, 6.07) is 6.92. The molecule has 0 spiro atoms. The zero-order valence-electron chi connectivity index (χ0n) is 15.0. The van der Waals surface area contributed by atoms with E-state index in [1.807, 2.05) is 13.8 Å². The highest BCUT2D eigenvalue weighted by Crippen LogP contribution is 2.17. The van der Waals surface area contributed by atoms with Crippen LogP contribution in [0.25, 0.3) is 0 Å². The first kappa shape index (κ1) is 19.2. The third-order valence-electron chi connectivity index (χ3n) is 4.19. The minimum Gasteiger partial charge on any atom is -0.494 e. The molecule has 1 aromatic rings. The molecule has 0 saturated carbocycles. The quantitative estimate of drug-likeness (QED) is 0.718. The van der Waals surface area contributed by atoms with E-state index in [2.05, 4.69) is 10.6 Å². The molecule has 138 valence electrons. The average molecular weight is 348 g/mol. The van der Waals surface area contributed by atoms with Crippen molar-refractivity contribution < 1.29 is 19.1 Å². The van der Waals surface area contributed by atoms with Gasteiger partial charge in [-0.15, -0.1) is 0 Å². The predicted octanol–water partition coefficient (Wildman–Crippen LogP) is 2.28. The minimum atomic E-state index is -0.273. The Morgan fingerprint density at radius 1 is 1.32 bits per heavy atom. The van der Waals surface area contributed by atoms with Gasteiger partial charge in [0, 0.05) is 18.2 Å². The molecule has 1 aliphatic heterocycles. The molecular weight excluding hydrogens is 320 g/mol.